The minimum Gasteiger partial charge on any atom is -0.479 e. The summed E-state index contributed by atoms with van der Waals surface area (Å²) in [6, 6.07) is 2.07. The number of ether oxygens (including phenoxy) is 2. The second kappa shape index (κ2) is 6.71. The quantitative estimate of drug-likeness (QED) is 0.484. The molecule has 0 atom stereocenters. The standard InChI is InChI=1S/C11H10ClNO7/c1-2-19-11(16)7-3-6(12)4-8(13(17)18)10(7)20-5-9(14)15/h3-4H,2,5H2,1H3,(H,14,15). The highest BCUT2D eigenvalue weighted by molar-refractivity contribution is 6.31. The number of esters is 1. The van der Waals surface area contributed by atoms with Crippen molar-refractivity contribution < 1.29 is 29.1 Å². The van der Waals surface area contributed by atoms with E-state index in [1.807, 2.05) is 0 Å². The monoisotopic (exact) mass is 303 g/mol. The Morgan fingerprint density at radius 1 is 1.45 bits per heavy atom. The van der Waals surface area contributed by atoms with Gasteiger partial charge in [0.05, 0.1) is 11.5 Å². The number of carboxylic acids is 1. The van der Waals surface area contributed by atoms with Crippen molar-refractivity contribution in [2.24, 2.45) is 0 Å². The van der Waals surface area contributed by atoms with Crippen molar-refractivity contribution in [3.05, 3.63) is 32.8 Å². The summed E-state index contributed by atoms with van der Waals surface area (Å²) in [6.45, 7) is 0.751. The first-order chi connectivity index (χ1) is 9.36. The van der Waals surface area contributed by atoms with Crippen LogP contribution in [-0.2, 0) is 9.53 Å². The van der Waals surface area contributed by atoms with Gasteiger partial charge in [0.2, 0.25) is 5.75 Å². The van der Waals surface area contributed by atoms with Crippen molar-refractivity contribution >= 4 is 29.2 Å². The lowest BCUT2D eigenvalue weighted by atomic mass is 10.1. The summed E-state index contributed by atoms with van der Waals surface area (Å²) in [5, 5.41) is 19.4. The summed E-state index contributed by atoms with van der Waals surface area (Å²) in [6.07, 6.45) is 0. The van der Waals surface area contributed by atoms with Crippen LogP contribution < -0.4 is 4.74 Å². The van der Waals surface area contributed by atoms with E-state index in [1.165, 1.54) is 0 Å². The number of carboxylic acid groups (broad SMARTS) is 1. The van der Waals surface area contributed by atoms with E-state index in [1.54, 1.807) is 6.92 Å². The molecule has 108 valence electrons. The van der Waals surface area contributed by atoms with Crippen LogP contribution in [0.5, 0.6) is 5.75 Å². The molecule has 0 saturated carbocycles. The Bertz CT molecular complexity index is 558. The lowest BCUT2D eigenvalue weighted by molar-refractivity contribution is -0.385. The van der Waals surface area contributed by atoms with Gasteiger partial charge < -0.3 is 14.6 Å². The minimum atomic E-state index is -1.34. The van der Waals surface area contributed by atoms with E-state index in [0.29, 0.717) is 0 Å². The fourth-order valence-electron chi connectivity index (χ4n) is 1.36. The number of nitro benzene ring substituents is 1. The van der Waals surface area contributed by atoms with Crippen molar-refractivity contribution in [1.29, 1.82) is 0 Å². The number of hydrogen-bond acceptors (Lipinski definition) is 6. The Morgan fingerprint density at radius 2 is 2.10 bits per heavy atom. The molecule has 1 aromatic carbocycles. The summed E-state index contributed by atoms with van der Waals surface area (Å²) < 4.78 is 9.53. The highest BCUT2D eigenvalue weighted by atomic mass is 35.5. The SMILES string of the molecule is CCOC(=O)c1cc(Cl)cc([N+](=O)[O-])c1OCC(=O)O. The van der Waals surface area contributed by atoms with Crippen molar-refractivity contribution in [1.82, 2.24) is 0 Å². The van der Waals surface area contributed by atoms with E-state index in [4.69, 9.17) is 26.2 Å². The van der Waals surface area contributed by atoms with Crippen molar-refractivity contribution in [3.63, 3.8) is 0 Å². The van der Waals surface area contributed by atoms with Crippen LogP contribution in [0, 0.1) is 10.1 Å². The molecule has 0 fully saturated rings. The molecule has 20 heavy (non-hydrogen) atoms. The van der Waals surface area contributed by atoms with E-state index in [9.17, 15) is 19.7 Å². The molecule has 8 nitrogen and oxygen atoms in total. The fraction of sp³-hybridized carbons (Fsp3) is 0.273. The Morgan fingerprint density at radius 3 is 2.60 bits per heavy atom. The maximum absolute atomic E-state index is 11.7. The maximum Gasteiger partial charge on any atom is 0.342 e. The Balaban J connectivity index is 3.34. The number of hydrogen-bond donors (Lipinski definition) is 1. The first kappa shape index (κ1) is 15.7. The lowest BCUT2D eigenvalue weighted by Gasteiger charge is -2.10. The highest BCUT2D eigenvalue weighted by Crippen LogP contribution is 2.35. The number of nitrogens with zero attached hydrogens (tertiary/aromatic N) is 1. The summed E-state index contributed by atoms with van der Waals surface area (Å²) >= 11 is 5.69. The van der Waals surface area contributed by atoms with Gasteiger partial charge in [0.25, 0.3) is 0 Å². The Hall–Kier alpha value is -2.35. The van der Waals surface area contributed by atoms with E-state index in [2.05, 4.69) is 0 Å². The van der Waals surface area contributed by atoms with Crippen LogP contribution in [-0.4, -0.2) is 35.2 Å². The van der Waals surface area contributed by atoms with Gasteiger partial charge in [0.1, 0.15) is 5.56 Å². The topological polar surface area (TPSA) is 116 Å². The molecule has 1 aromatic rings. The third kappa shape index (κ3) is 3.82. The van der Waals surface area contributed by atoms with Gasteiger partial charge in [-0.15, -0.1) is 0 Å². The smallest absolute Gasteiger partial charge is 0.342 e. The molecule has 0 aliphatic heterocycles. The molecule has 0 aliphatic carbocycles. The first-order valence-electron chi connectivity index (χ1n) is 5.36. The third-order valence-corrected chi connectivity index (χ3v) is 2.28. The molecule has 0 radical (unpaired) electrons. The van der Waals surface area contributed by atoms with Gasteiger partial charge in [-0.25, -0.2) is 9.59 Å². The molecule has 9 heteroatoms. The zero-order chi connectivity index (χ0) is 15.3. The Kier molecular flexibility index (Phi) is 5.27. The van der Waals surface area contributed by atoms with Crippen LogP contribution in [0.2, 0.25) is 5.02 Å². The summed E-state index contributed by atoms with van der Waals surface area (Å²) in [4.78, 5) is 32.3. The number of carbonyl (C=O) groups is 2. The van der Waals surface area contributed by atoms with Gasteiger partial charge in [0.15, 0.2) is 6.61 Å². The zero-order valence-electron chi connectivity index (χ0n) is 10.3. The second-order valence-electron chi connectivity index (χ2n) is 3.46. The largest absolute Gasteiger partial charge is 0.479 e. The van der Waals surface area contributed by atoms with Gasteiger partial charge in [-0.3, -0.25) is 10.1 Å². The summed E-state index contributed by atoms with van der Waals surface area (Å²) in [7, 11) is 0. The fourth-order valence-corrected chi connectivity index (χ4v) is 1.57. The van der Waals surface area contributed by atoms with Crippen LogP contribution in [0.4, 0.5) is 5.69 Å². The third-order valence-electron chi connectivity index (χ3n) is 2.07. The predicted molar refractivity (Wildman–Crippen MR) is 67.2 cm³/mol. The van der Waals surface area contributed by atoms with Crippen molar-refractivity contribution in [2.45, 2.75) is 6.92 Å². The van der Waals surface area contributed by atoms with Crippen molar-refractivity contribution in [2.75, 3.05) is 13.2 Å². The van der Waals surface area contributed by atoms with Crippen LogP contribution in [0.3, 0.4) is 0 Å². The average Bonchev–Trinajstić information content (AvgIpc) is 2.36. The highest BCUT2D eigenvalue weighted by Gasteiger charge is 2.26. The molecule has 0 aliphatic rings. The maximum atomic E-state index is 11.7. The normalized spacial score (nSPS) is 9.90. The van der Waals surface area contributed by atoms with Gasteiger partial charge >= 0.3 is 17.6 Å². The van der Waals surface area contributed by atoms with E-state index in [0.717, 1.165) is 12.1 Å². The number of rotatable bonds is 6. The van der Waals surface area contributed by atoms with E-state index in [-0.39, 0.29) is 17.2 Å². The van der Waals surface area contributed by atoms with Gasteiger partial charge in [-0.05, 0) is 13.0 Å². The molecular weight excluding hydrogens is 294 g/mol. The Labute approximate surface area is 118 Å². The number of nitro groups is 1. The zero-order valence-corrected chi connectivity index (χ0v) is 11.0. The molecule has 0 heterocycles. The molecule has 0 amide bonds. The van der Waals surface area contributed by atoms with Crippen LogP contribution >= 0.6 is 11.6 Å². The van der Waals surface area contributed by atoms with Crippen LogP contribution in [0.15, 0.2) is 12.1 Å². The molecule has 0 bridgehead atoms. The van der Waals surface area contributed by atoms with Gasteiger partial charge in [-0.1, -0.05) is 11.6 Å². The first-order valence-corrected chi connectivity index (χ1v) is 5.74. The molecule has 0 aromatic heterocycles. The molecule has 1 rings (SSSR count). The van der Waals surface area contributed by atoms with Gasteiger partial charge in [0, 0.05) is 11.1 Å². The number of carbonyl (C=O) groups excluding carboxylic acids is 1. The lowest BCUT2D eigenvalue weighted by Crippen LogP contribution is -2.14. The molecule has 0 saturated heterocycles. The second-order valence-corrected chi connectivity index (χ2v) is 3.90. The van der Waals surface area contributed by atoms with Crippen LogP contribution in [0.1, 0.15) is 17.3 Å². The van der Waals surface area contributed by atoms with Crippen LogP contribution in [0.25, 0.3) is 0 Å². The molecule has 0 unspecified atom stereocenters. The number of benzene rings is 1. The van der Waals surface area contributed by atoms with Crippen molar-refractivity contribution in [3.8, 4) is 5.75 Å². The number of aliphatic carboxylic acids is 1. The molecule has 0 spiro atoms. The molecular formula is C11H10ClNO7. The summed E-state index contributed by atoms with van der Waals surface area (Å²) in [5.74, 6) is -2.72. The van der Waals surface area contributed by atoms with E-state index < -0.39 is 34.9 Å². The molecule has 1 N–H and O–H groups in total. The van der Waals surface area contributed by atoms with Gasteiger partial charge in [-0.2, -0.15) is 0 Å². The summed E-state index contributed by atoms with van der Waals surface area (Å²) in [5.41, 5.74) is -0.908. The minimum absolute atomic E-state index is 0.0392. The number of halogens is 1. The average molecular weight is 304 g/mol. The predicted octanol–water partition coefficient (Wildman–Crippen LogP) is 1.89. The van der Waals surface area contributed by atoms with E-state index >= 15 is 0 Å².